The Bertz CT molecular complexity index is 1050. The molecule has 0 saturated carbocycles. The van der Waals surface area contributed by atoms with Gasteiger partial charge in [0.05, 0.1) is 16.8 Å². The largest absolute Gasteiger partial charge is 0.488 e. The molecule has 32 heavy (non-hydrogen) atoms. The first-order chi connectivity index (χ1) is 15.6. The quantitative estimate of drug-likeness (QED) is 0.557. The zero-order chi connectivity index (χ0) is 22.3. The highest BCUT2D eigenvalue weighted by molar-refractivity contribution is 5.97. The standard InChI is InChI=1S/C26H29N3O3/c1-20-24(21(2)32-27-20)19-31-25-13-7-6-12-23(25)26(30)29-17-15-28(16-18-29)14-8-11-22-9-4-3-5-10-22/h3-13H,14-19H2,1-2H3/b11-8+. The fourth-order valence-corrected chi connectivity index (χ4v) is 3.83. The van der Waals surface area contributed by atoms with Gasteiger partial charge in [0, 0.05) is 32.7 Å². The summed E-state index contributed by atoms with van der Waals surface area (Å²) in [5, 5.41) is 3.97. The molecule has 6 heteroatoms. The third-order valence-corrected chi connectivity index (χ3v) is 5.80. The maximum atomic E-state index is 13.2. The maximum absolute atomic E-state index is 13.2. The third kappa shape index (κ3) is 5.26. The second-order valence-corrected chi connectivity index (χ2v) is 7.99. The summed E-state index contributed by atoms with van der Waals surface area (Å²) in [7, 11) is 0. The molecule has 1 aliphatic rings. The number of nitrogens with zero attached hydrogens (tertiary/aromatic N) is 3. The van der Waals surface area contributed by atoms with E-state index in [2.05, 4.69) is 34.3 Å². The fourth-order valence-electron chi connectivity index (χ4n) is 3.83. The molecule has 0 atom stereocenters. The smallest absolute Gasteiger partial charge is 0.257 e. The van der Waals surface area contributed by atoms with E-state index >= 15 is 0 Å². The van der Waals surface area contributed by atoms with Crippen molar-refractivity contribution in [2.24, 2.45) is 0 Å². The molecule has 1 fully saturated rings. The van der Waals surface area contributed by atoms with Gasteiger partial charge in [0.25, 0.3) is 5.91 Å². The highest BCUT2D eigenvalue weighted by atomic mass is 16.5. The minimum atomic E-state index is 0.0128. The first-order valence-corrected chi connectivity index (χ1v) is 11.0. The average molecular weight is 432 g/mol. The summed E-state index contributed by atoms with van der Waals surface area (Å²) in [6, 6.07) is 17.7. The van der Waals surface area contributed by atoms with Crippen LogP contribution in [0.25, 0.3) is 6.08 Å². The molecule has 4 rings (SSSR count). The number of ether oxygens (including phenoxy) is 1. The molecule has 0 aliphatic carbocycles. The lowest BCUT2D eigenvalue weighted by Crippen LogP contribution is -2.48. The minimum Gasteiger partial charge on any atom is -0.488 e. The van der Waals surface area contributed by atoms with Crippen LogP contribution in [-0.4, -0.2) is 53.6 Å². The molecule has 1 aromatic heterocycles. The molecule has 166 valence electrons. The average Bonchev–Trinajstić information content (AvgIpc) is 3.15. The van der Waals surface area contributed by atoms with Crippen LogP contribution in [0.15, 0.2) is 65.2 Å². The van der Waals surface area contributed by atoms with Gasteiger partial charge in [0.15, 0.2) is 0 Å². The second kappa shape index (κ2) is 10.3. The molecular formula is C26H29N3O3. The van der Waals surface area contributed by atoms with Crippen molar-refractivity contribution in [1.82, 2.24) is 15.0 Å². The third-order valence-electron chi connectivity index (χ3n) is 5.80. The van der Waals surface area contributed by atoms with Crippen molar-refractivity contribution in [2.45, 2.75) is 20.5 Å². The van der Waals surface area contributed by atoms with E-state index in [1.165, 1.54) is 5.56 Å². The van der Waals surface area contributed by atoms with E-state index < -0.39 is 0 Å². The van der Waals surface area contributed by atoms with Crippen LogP contribution in [0.5, 0.6) is 5.75 Å². The number of piperazine rings is 1. The van der Waals surface area contributed by atoms with Crippen molar-refractivity contribution in [2.75, 3.05) is 32.7 Å². The number of hydrogen-bond donors (Lipinski definition) is 0. The molecule has 0 N–H and O–H groups in total. The Morgan fingerprint density at radius 1 is 1.03 bits per heavy atom. The SMILES string of the molecule is Cc1noc(C)c1COc1ccccc1C(=O)N1CCN(C/C=C/c2ccccc2)CC1. The van der Waals surface area contributed by atoms with Crippen molar-refractivity contribution in [3.8, 4) is 5.75 Å². The van der Waals surface area contributed by atoms with Crippen LogP contribution in [0.3, 0.4) is 0 Å². The summed E-state index contributed by atoms with van der Waals surface area (Å²) in [6.07, 6.45) is 4.33. The monoisotopic (exact) mass is 431 g/mol. The molecule has 2 aromatic carbocycles. The topological polar surface area (TPSA) is 58.8 Å². The Morgan fingerprint density at radius 3 is 2.47 bits per heavy atom. The summed E-state index contributed by atoms with van der Waals surface area (Å²) in [6.45, 7) is 8.08. The number of para-hydroxylation sites is 1. The molecule has 2 heterocycles. The molecule has 3 aromatic rings. The number of rotatable bonds is 7. The number of aryl methyl sites for hydroxylation is 2. The number of amides is 1. The van der Waals surface area contributed by atoms with Crippen molar-refractivity contribution in [3.63, 3.8) is 0 Å². The highest BCUT2D eigenvalue weighted by Gasteiger charge is 2.24. The number of benzene rings is 2. The van der Waals surface area contributed by atoms with Gasteiger partial charge in [-0.15, -0.1) is 0 Å². The van der Waals surface area contributed by atoms with Crippen LogP contribution >= 0.6 is 0 Å². The van der Waals surface area contributed by atoms with Crippen LogP contribution in [-0.2, 0) is 6.61 Å². The number of carbonyl (C=O) groups excluding carboxylic acids is 1. The van der Waals surface area contributed by atoms with Crippen LogP contribution in [0.1, 0.15) is 32.9 Å². The van der Waals surface area contributed by atoms with Gasteiger partial charge >= 0.3 is 0 Å². The van der Waals surface area contributed by atoms with E-state index in [0.717, 1.165) is 36.7 Å². The number of hydrogen-bond acceptors (Lipinski definition) is 5. The van der Waals surface area contributed by atoms with E-state index in [0.29, 0.717) is 31.0 Å². The van der Waals surface area contributed by atoms with Crippen LogP contribution in [0.2, 0.25) is 0 Å². The predicted molar refractivity (Wildman–Crippen MR) is 125 cm³/mol. The molecule has 0 unspecified atom stereocenters. The summed E-state index contributed by atoms with van der Waals surface area (Å²) in [5.41, 5.74) is 3.53. The Labute approximate surface area is 189 Å². The summed E-state index contributed by atoms with van der Waals surface area (Å²) >= 11 is 0. The highest BCUT2D eigenvalue weighted by Crippen LogP contribution is 2.23. The Hall–Kier alpha value is -3.38. The fraction of sp³-hybridized carbons (Fsp3) is 0.308. The van der Waals surface area contributed by atoms with Crippen molar-refractivity contribution >= 4 is 12.0 Å². The van der Waals surface area contributed by atoms with Crippen LogP contribution in [0, 0.1) is 13.8 Å². The lowest BCUT2D eigenvalue weighted by Gasteiger charge is -2.34. The lowest BCUT2D eigenvalue weighted by atomic mass is 10.1. The van der Waals surface area contributed by atoms with Gasteiger partial charge in [-0.2, -0.15) is 0 Å². The van der Waals surface area contributed by atoms with E-state index in [1.807, 2.05) is 61.2 Å². The van der Waals surface area contributed by atoms with Gasteiger partial charge in [-0.05, 0) is 31.5 Å². The zero-order valence-electron chi connectivity index (χ0n) is 18.7. The molecular weight excluding hydrogens is 402 g/mol. The molecule has 1 amide bonds. The first kappa shape index (κ1) is 21.8. The second-order valence-electron chi connectivity index (χ2n) is 7.99. The van der Waals surface area contributed by atoms with Gasteiger partial charge in [0.2, 0.25) is 0 Å². The molecule has 0 bridgehead atoms. The summed E-state index contributed by atoms with van der Waals surface area (Å²) in [4.78, 5) is 17.5. The Morgan fingerprint density at radius 2 is 1.75 bits per heavy atom. The molecule has 0 spiro atoms. The van der Waals surface area contributed by atoms with Gasteiger partial charge in [-0.25, -0.2) is 0 Å². The van der Waals surface area contributed by atoms with E-state index in [4.69, 9.17) is 9.26 Å². The van der Waals surface area contributed by atoms with Gasteiger partial charge in [-0.1, -0.05) is 59.8 Å². The molecule has 0 radical (unpaired) electrons. The predicted octanol–water partition coefficient (Wildman–Crippen LogP) is 4.34. The van der Waals surface area contributed by atoms with Crippen molar-refractivity contribution in [3.05, 3.63) is 88.8 Å². The Balaban J connectivity index is 1.33. The lowest BCUT2D eigenvalue weighted by molar-refractivity contribution is 0.0645. The van der Waals surface area contributed by atoms with Crippen LogP contribution in [0.4, 0.5) is 0 Å². The van der Waals surface area contributed by atoms with Gasteiger partial charge in [0.1, 0.15) is 18.1 Å². The Kier molecular flexibility index (Phi) is 7.02. The molecule has 6 nitrogen and oxygen atoms in total. The van der Waals surface area contributed by atoms with Gasteiger partial charge in [-0.3, -0.25) is 9.69 Å². The van der Waals surface area contributed by atoms with Crippen molar-refractivity contribution < 1.29 is 14.1 Å². The van der Waals surface area contributed by atoms with Gasteiger partial charge < -0.3 is 14.2 Å². The maximum Gasteiger partial charge on any atom is 0.257 e. The van der Waals surface area contributed by atoms with E-state index in [-0.39, 0.29) is 5.91 Å². The number of aromatic nitrogens is 1. The number of carbonyl (C=O) groups is 1. The van der Waals surface area contributed by atoms with Crippen LogP contribution < -0.4 is 4.74 Å². The first-order valence-electron chi connectivity index (χ1n) is 11.0. The summed E-state index contributed by atoms with van der Waals surface area (Å²) < 4.78 is 11.2. The molecule has 1 aliphatic heterocycles. The van der Waals surface area contributed by atoms with E-state index in [1.54, 1.807) is 0 Å². The summed E-state index contributed by atoms with van der Waals surface area (Å²) in [5.74, 6) is 1.34. The zero-order valence-corrected chi connectivity index (χ0v) is 18.7. The van der Waals surface area contributed by atoms with E-state index in [9.17, 15) is 4.79 Å². The normalized spacial score (nSPS) is 14.8. The molecule has 1 saturated heterocycles. The minimum absolute atomic E-state index is 0.0128. The van der Waals surface area contributed by atoms with Crippen molar-refractivity contribution in [1.29, 1.82) is 0 Å².